The number of aromatic nitrogens is 2. The van der Waals surface area contributed by atoms with Crippen LogP contribution in [-0.4, -0.2) is 15.7 Å². The fraction of sp³-hybridized carbons (Fsp3) is 0.444. The highest BCUT2D eigenvalue weighted by atomic mass is 15.3. The van der Waals surface area contributed by atoms with Crippen molar-refractivity contribution in [2.45, 2.75) is 46.6 Å². The summed E-state index contributed by atoms with van der Waals surface area (Å²) in [5.41, 5.74) is 11.8. The fourth-order valence-electron chi connectivity index (χ4n) is 2.75. The van der Waals surface area contributed by atoms with Crippen LogP contribution in [0.2, 0.25) is 0 Å². The molecule has 0 aliphatic heterocycles. The summed E-state index contributed by atoms with van der Waals surface area (Å²) in [6.45, 7) is 6.96. The second kappa shape index (κ2) is 7.81. The summed E-state index contributed by atoms with van der Waals surface area (Å²) < 4.78 is 1.96. The van der Waals surface area contributed by atoms with Crippen molar-refractivity contribution in [2.75, 3.05) is 5.32 Å². The van der Waals surface area contributed by atoms with Gasteiger partial charge in [0, 0.05) is 24.0 Å². The number of guanidine groups is 1. The molecule has 2 rings (SSSR count). The minimum atomic E-state index is 0.433. The summed E-state index contributed by atoms with van der Waals surface area (Å²) in [5.74, 6) is 0.433. The van der Waals surface area contributed by atoms with Crippen molar-refractivity contribution in [2.24, 2.45) is 17.8 Å². The largest absolute Gasteiger partial charge is 0.370 e. The number of benzene rings is 1. The Morgan fingerprint density at radius 2 is 1.83 bits per heavy atom. The lowest BCUT2D eigenvalue weighted by Crippen LogP contribution is -2.22. The monoisotopic (exact) mass is 313 g/mol. The molecule has 0 radical (unpaired) electrons. The molecule has 5 nitrogen and oxygen atoms in total. The predicted octanol–water partition coefficient (Wildman–Crippen LogP) is 3.03. The molecule has 0 aliphatic rings. The van der Waals surface area contributed by atoms with Crippen LogP contribution in [-0.2, 0) is 32.9 Å². The molecule has 23 heavy (non-hydrogen) atoms. The molecule has 0 amide bonds. The second-order valence-corrected chi connectivity index (χ2v) is 5.58. The minimum absolute atomic E-state index is 0.433. The Labute approximate surface area is 138 Å². The first-order valence-electron chi connectivity index (χ1n) is 8.28. The van der Waals surface area contributed by atoms with E-state index in [9.17, 15) is 0 Å². The number of nitrogens with zero attached hydrogens (tertiary/aromatic N) is 3. The van der Waals surface area contributed by atoms with Crippen molar-refractivity contribution in [3.8, 4) is 0 Å². The Balaban J connectivity index is 2.09. The average molecular weight is 313 g/mol. The molecule has 3 N–H and O–H groups in total. The van der Waals surface area contributed by atoms with Crippen molar-refractivity contribution in [3.05, 3.63) is 46.8 Å². The Bertz CT molecular complexity index is 667. The highest BCUT2D eigenvalue weighted by Crippen LogP contribution is 2.16. The van der Waals surface area contributed by atoms with Gasteiger partial charge in [0.2, 0.25) is 0 Å². The molecule has 0 bridgehead atoms. The van der Waals surface area contributed by atoms with Crippen LogP contribution in [0.4, 0.5) is 5.69 Å². The first-order valence-corrected chi connectivity index (χ1v) is 8.28. The molecule has 5 heteroatoms. The SMILES string of the molecule is CCc1ccc(NC(N)=NCc2c(CC)nn(C)c2CC)cc1. The minimum Gasteiger partial charge on any atom is -0.370 e. The second-order valence-electron chi connectivity index (χ2n) is 5.58. The van der Waals surface area contributed by atoms with Crippen LogP contribution >= 0.6 is 0 Å². The number of aliphatic imine (C=N–C) groups is 1. The van der Waals surface area contributed by atoms with Gasteiger partial charge in [0.05, 0.1) is 12.2 Å². The Morgan fingerprint density at radius 1 is 1.13 bits per heavy atom. The number of aryl methyl sites for hydroxylation is 3. The topological polar surface area (TPSA) is 68.2 Å². The van der Waals surface area contributed by atoms with E-state index in [1.165, 1.54) is 16.8 Å². The summed E-state index contributed by atoms with van der Waals surface area (Å²) in [7, 11) is 1.99. The van der Waals surface area contributed by atoms with E-state index in [-0.39, 0.29) is 0 Å². The van der Waals surface area contributed by atoms with Gasteiger partial charge in [-0.3, -0.25) is 4.68 Å². The van der Waals surface area contributed by atoms with Crippen molar-refractivity contribution in [1.82, 2.24) is 9.78 Å². The smallest absolute Gasteiger partial charge is 0.193 e. The molecule has 0 saturated carbocycles. The first kappa shape index (κ1) is 17.1. The zero-order valence-corrected chi connectivity index (χ0v) is 14.6. The number of rotatable bonds is 6. The molecule has 0 fully saturated rings. The van der Waals surface area contributed by atoms with Gasteiger partial charge in [0.25, 0.3) is 0 Å². The number of hydrogen-bond donors (Lipinski definition) is 2. The zero-order valence-electron chi connectivity index (χ0n) is 14.6. The third kappa shape index (κ3) is 4.12. The highest BCUT2D eigenvalue weighted by Gasteiger charge is 2.12. The molecule has 1 heterocycles. The number of anilines is 1. The molecule has 0 atom stereocenters. The van der Waals surface area contributed by atoms with Gasteiger partial charge in [0.15, 0.2) is 5.96 Å². The van der Waals surface area contributed by atoms with Crippen LogP contribution in [0.5, 0.6) is 0 Å². The van der Waals surface area contributed by atoms with Crippen LogP contribution in [0, 0.1) is 0 Å². The fourth-order valence-corrected chi connectivity index (χ4v) is 2.75. The maximum Gasteiger partial charge on any atom is 0.193 e. The lowest BCUT2D eigenvalue weighted by molar-refractivity contribution is 0.703. The molecular weight excluding hydrogens is 286 g/mol. The third-order valence-electron chi connectivity index (χ3n) is 4.07. The van der Waals surface area contributed by atoms with Crippen LogP contribution in [0.25, 0.3) is 0 Å². The first-order chi connectivity index (χ1) is 11.1. The molecule has 0 aliphatic carbocycles. The standard InChI is InChI=1S/C18H27N5/c1-5-13-8-10-14(11-9-13)21-18(19)20-12-15-16(6-2)22-23(4)17(15)7-3/h8-11H,5-7,12H2,1-4H3,(H3,19,20,21). The van der Waals surface area contributed by atoms with E-state index in [1.54, 1.807) is 0 Å². The van der Waals surface area contributed by atoms with Gasteiger partial charge in [-0.15, -0.1) is 0 Å². The zero-order chi connectivity index (χ0) is 16.8. The van der Waals surface area contributed by atoms with E-state index < -0.39 is 0 Å². The number of hydrogen-bond acceptors (Lipinski definition) is 2. The number of nitrogens with two attached hydrogens (primary N) is 1. The van der Waals surface area contributed by atoms with Gasteiger partial charge >= 0.3 is 0 Å². The van der Waals surface area contributed by atoms with Crippen LogP contribution in [0.1, 0.15) is 43.3 Å². The van der Waals surface area contributed by atoms with Crippen LogP contribution < -0.4 is 11.1 Å². The average Bonchev–Trinajstić information content (AvgIpc) is 2.88. The molecular formula is C18H27N5. The van der Waals surface area contributed by atoms with Gasteiger partial charge in [0.1, 0.15) is 0 Å². The lowest BCUT2D eigenvalue weighted by atomic mass is 10.1. The van der Waals surface area contributed by atoms with E-state index in [0.29, 0.717) is 12.5 Å². The molecule has 0 saturated heterocycles. The predicted molar refractivity (Wildman–Crippen MR) is 96.7 cm³/mol. The van der Waals surface area contributed by atoms with Gasteiger partial charge in [-0.25, -0.2) is 4.99 Å². The summed E-state index contributed by atoms with van der Waals surface area (Å²) in [6, 6.07) is 8.25. The van der Waals surface area contributed by atoms with Crippen LogP contribution in [0.15, 0.2) is 29.3 Å². The van der Waals surface area contributed by atoms with E-state index in [0.717, 1.165) is 30.6 Å². The maximum absolute atomic E-state index is 6.03. The molecule has 124 valence electrons. The van der Waals surface area contributed by atoms with Gasteiger partial charge in [-0.2, -0.15) is 5.10 Å². The summed E-state index contributed by atoms with van der Waals surface area (Å²) >= 11 is 0. The normalized spacial score (nSPS) is 11.7. The van der Waals surface area contributed by atoms with E-state index in [2.05, 4.69) is 48.3 Å². The Hall–Kier alpha value is -2.30. The van der Waals surface area contributed by atoms with Crippen LogP contribution in [0.3, 0.4) is 0 Å². The summed E-state index contributed by atoms with van der Waals surface area (Å²) in [5, 5.41) is 7.71. The molecule has 0 spiro atoms. The lowest BCUT2D eigenvalue weighted by Gasteiger charge is -2.07. The molecule has 1 aromatic heterocycles. The van der Waals surface area contributed by atoms with Crippen molar-refractivity contribution < 1.29 is 0 Å². The van der Waals surface area contributed by atoms with E-state index in [1.807, 2.05) is 23.9 Å². The van der Waals surface area contributed by atoms with Crippen molar-refractivity contribution in [1.29, 1.82) is 0 Å². The van der Waals surface area contributed by atoms with Crippen molar-refractivity contribution in [3.63, 3.8) is 0 Å². The summed E-state index contributed by atoms with van der Waals surface area (Å²) in [4.78, 5) is 4.49. The number of nitrogens with one attached hydrogen (secondary N) is 1. The van der Waals surface area contributed by atoms with Gasteiger partial charge < -0.3 is 11.1 Å². The van der Waals surface area contributed by atoms with Gasteiger partial charge in [-0.1, -0.05) is 32.9 Å². The highest BCUT2D eigenvalue weighted by molar-refractivity contribution is 5.92. The quantitative estimate of drug-likeness (QED) is 0.636. The molecule has 2 aromatic rings. The van der Waals surface area contributed by atoms with E-state index in [4.69, 9.17) is 5.73 Å². The maximum atomic E-state index is 6.03. The van der Waals surface area contributed by atoms with E-state index >= 15 is 0 Å². The molecule has 0 unspecified atom stereocenters. The molecule has 1 aromatic carbocycles. The third-order valence-corrected chi connectivity index (χ3v) is 4.07. The van der Waals surface area contributed by atoms with Crippen molar-refractivity contribution >= 4 is 11.6 Å². The Kier molecular flexibility index (Phi) is 5.79. The Morgan fingerprint density at radius 3 is 2.39 bits per heavy atom. The summed E-state index contributed by atoms with van der Waals surface area (Å²) in [6.07, 6.45) is 2.88. The van der Waals surface area contributed by atoms with Gasteiger partial charge in [-0.05, 0) is 37.0 Å².